The number of aryl methyl sites for hydroxylation is 2. The molecule has 1 unspecified atom stereocenters. The number of hydrogen-bond donors (Lipinski definition) is 1. The summed E-state index contributed by atoms with van der Waals surface area (Å²) in [5, 5.41) is 8.53. The maximum absolute atomic E-state index is 12.9. The van der Waals surface area contributed by atoms with Crippen LogP contribution in [-0.2, 0) is 7.05 Å². The number of fused-ring (bicyclic) bond motifs is 1. The van der Waals surface area contributed by atoms with Crippen LogP contribution in [0.5, 0.6) is 0 Å². The maximum atomic E-state index is 12.9. The molecule has 0 radical (unpaired) electrons. The molecule has 1 saturated carbocycles. The molecule has 6 heteroatoms. The van der Waals surface area contributed by atoms with Crippen molar-refractivity contribution in [2.24, 2.45) is 7.05 Å². The molecule has 1 amide bonds. The highest BCUT2D eigenvalue weighted by molar-refractivity contribution is 6.06. The van der Waals surface area contributed by atoms with E-state index >= 15 is 0 Å². The maximum Gasteiger partial charge on any atom is 0.252 e. The van der Waals surface area contributed by atoms with Crippen LogP contribution in [0.2, 0.25) is 0 Å². The number of nitrogens with zero attached hydrogens (tertiary/aromatic N) is 4. The van der Waals surface area contributed by atoms with Crippen LogP contribution in [-0.4, -0.2) is 51.2 Å². The average Bonchev–Trinajstić information content (AvgIpc) is 3.49. The fraction of sp³-hybridized carbons (Fsp3) is 0.682. The summed E-state index contributed by atoms with van der Waals surface area (Å²) in [6.45, 7) is 7.39. The molecule has 2 aliphatic rings. The van der Waals surface area contributed by atoms with Crippen molar-refractivity contribution in [3.63, 3.8) is 0 Å². The number of nitrogens with one attached hydrogen (secondary N) is 1. The second-order valence-electron chi connectivity index (χ2n) is 8.62. The highest BCUT2D eigenvalue weighted by Crippen LogP contribution is 2.40. The summed E-state index contributed by atoms with van der Waals surface area (Å²) in [6, 6.07) is 2.71. The van der Waals surface area contributed by atoms with Crippen LogP contribution in [0.4, 0.5) is 0 Å². The molecule has 4 rings (SSSR count). The Morgan fingerprint density at radius 2 is 2.07 bits per heavy atom. The fourth-order valence-corrected chi connectivity index (χ4v) is 4.46. The van der Waals surface area contributed by atoms with Gasteiger partial charge in [-0.3, -0.25) is 9.48 Å². The van der Waals surface area contributed by atoms with Gasteiger partial charge >= 0.3 is 0 Å². The Morgan fingerprint density at radius 3 is 2.82 bits per heavy atom. The zero-order valence-corrected chi connectivity index (χ0v) is 17.5. The van der Waals surface area contributed by atoms with E-state index in [1.807, 2.05) is 20.0 Å². The summed E-state index contributed by atoms with van der Waals surface area (Å²) < 4.78 is 1.80. The number of aromatic nitrogens is 3. The Hall–Kier alpha value is -1.95. The molecule has 152 valence electrons. The third kappa shape index (κ3) is 4.07. The molecule has 1 aliphatic heterocycles. The number of carbonyl (C=O) groups excluding carboxylic acids is 1. The highest BCUT2D eigenvalue weighted by Gasteiger charge is 2.28. The van der Waals surface area contributed by atoms with Crippen LogP contribution in [0, 0.1) is 6.92 Å². The number of hydrogen-bond acceptors (Lipinski definition) is 4. The van der Waals surface area contributed by atoms with Gasteiger partial charge in [0.15, 0.2) is 5.65 Å². The minimum Gasteiger partial charge on any atom is -0.352 e. The lowest BCUT2D eigenvalue weighted by Gasteiger charge is -2.33. The van der Waals surface area contributed by atoms with E-state index in [1.54, 1.807) is 4.68 Å². The topological polar surface area (TPSA) is 63.1 Å². The summed E-state index contributed by atoms with van der Waals surface area (Å²) in [4.78, 5) is 20.3. The van der Waals surface area contributed by atoms with Gasteiger partial charge in [-0.05, 0) is 71.5 Å². The fourth-order valence-electron chi connectivity index (χ4n) is 4.46. The quantitative estimate of drug-likeness (QED) is 0.743. The van der Waals surface area contributed by atoms with E-state index < -0.39 is 0 Å². The number of likely N-dealkylation sites (tertiary alicyclic amines) is 1. The molecule has 1 aliphatic carbocycles. The lowest BCUT2D eigenvalue weighted by atomic mass is 10.0. The van der Waals surface area contributed by atoms with Crippen LogP contribution in [0.15, 0.2) is 6.07 Å². The van der Waals surface area contributed by atoms with Crippen LogP contribution in [0.3, 0.4) is 0 Å². The third-order valence-corrected chi connectivity index (χ3v) is 6.33. The smallest absolute Gasteiger partial charge is 0.252 e. The van der Waals surface area contributed by atoms with E-state index in [4.69, 9.17) is 4.98 Å². The number of pyridine rings is 1. The monoisotopic (exact) mass is 383 g/mol. The van der Waals surface area contributed by atoms with E-state index in [9.17, 15) is 4.79 Å². The average molecular weight is 384 g/mol. The van der Waals surface area contributed by atoms with Gasteiger partial charge in [-0.2, -0.15) is 5.10 Å². The minimum atomic E-state index is 0.0109. The van der Waals surface area contributed by atoms with Crippen molar-refractivity contribution in [3.8, 4) is 0 Å². The summed E-state index contributed by atoms with van der Waals surface area (Å²) >= 11 is 0. The van der Waals surface area contributed by atoms with Gasteiger partial charge in [-0.1, -0.05) is 6.42 Å². The first-order chi connectivity index (χ1) is 13.5. The second-order valence-corrected chi connectivity index (χ2v) is 8.62. The van der Waals surface area contributed by atoms with E-state index in [0.29, 0.717) is 12.0 Å². The van der Waals surface area contributed by atoms with Gasteiger partial charge in [0.25, 0.3) is 5.91 Å². The summed E-state index contributed by atoms with van der Waals surface area (Å²) in [5.74, 6) is 0.523. The van der Waals surface area contributed by atoms with E-state index in [0.717, 1.165) is 53.9 Å². The van der Waals surface area contributed by atoms with Crippen molar-refractivity contribution >= 4 is 16.9 Å². The molecule has 1 N–H and O–H groups in total. The summed E-state index contributed by atoms with van der Waals surface area (Å²) in [5.41, 5.74) is 3.48. The van der Waals surface area contributed by atoms with E-state index in [2.05, 4.69) is 22.2 Å². The van der Waals surface area contributed by atoms with Crippen molar-refractivity contribution < 1.29 is 4.79 Å². The Kier molecular flexibility index (Phi) is 5.67. The predicted octanol–water partition coefficient (Wildman–Crippen LogP) is 3.54. The zero-order chi connectivity index (χ0) is 19.7. The number of rotatable bonds is 7. The largest absolute Gasteiger partial charge is 0.352 e. The van der Waals surface area contributed by atoms with Crippen LogP contribution >= 0.6 is 0 Å². The van der Waals surface area contributed by atoms with Crippen LogP contribution < -0.4 is 5.32 Å². The summed E-state index contributed by atoms with van der Waals surface area (Å²) in [7, 11) is 1.91. The van der Waals surface area contributed by atoms with Gasteiger partial charge in [0.2, 0.25) is 0 Å². The van der Waals surface area contributed by atoms with Crippen LogP contribution in [0.1, 0.15) is 79.5 Å². The van der Waals surface area contributed by atoms with Crippen molar-refractivity contribution in [1.29, 1.82) is 0 Å². The van der Waals surface area contributed by atoms with Crippen molar-refractivity contribution in [1.82, 2.24) is 25.0 Å². The molecule has 2 fully saturated rings. The molecule has 2 aromatic heterocycles. The van der Waals surface area contributed by atoms with Gasteiger partial charge in [-0.25, -0.2) is 4.98 Å². The first-order valence-electron chi connectivity index (χ1n) is 10.9. The number of unbranched alkanes of at least 4 members (excludes halogenated alkanes) is 1. The normalized spacial score (nSPS) is 20.6. The highest BCUT2D eigenvalue weighted by atomic mass is 16.1. The molecule has 2 aromatic rings. The van der Waals surface area contributed by atoms with Gasteiger partial charge < -0.3 is 10.2 Å². The standard InChI is InChI=1S/C22H33N5O/c1-15-8-4-6-12-27(15)13-7-5-11-23-22(28)18-14-19(17-9-10-17)24-21-20(18)16(2)25-26(21)3/h14-15,17H,4-13H2,1-3H3,(H,23,28). The molecule has 6 nitrogen and oxygen atoms in total. The first kappa shape index (κ1) is 19.4. The Balaban J connectivity index is 1.37. The summed E-state index contributed by atoms with van der Waals surface area (Å²) in [6.07, 6.45) is 8.51. The second kappa shape index (κ2) is 8.19. The minimum absolute atomic E-state index is 0.0109. The molecule has 28 heavy (non-hydrogen) atoms. The van der Waals surface area contributed by atoms with Gasteiger partial charge in [-0.15, -0.1) is 0 Å². The Bertz CT molecular complexity index is 854. The van der Waals surface area contributed by atoms with Crippen molar-refractivity contribution in [2.45, 2.75) is 70.8 Å². The van der Waals surface area contributed by atoms with E-state index in [1.165, 1.54) is 38.6 Å². The van der Waals surface area contributed by atoms with Crippen LogP contribution in [0.25, 0.3) is 11.0 Å². The molecule has 1 saturated heterocycles. The van der Waals surface area contributed by atoms with Crippen molar-refractivity contribution in [3.05, 3.63) is 23.0 Å². The molecule has 1 atom stereocenters. The van der Waals surface area contributed by atoms with E-state index in [-0.39, 0.29) is 5.91 Å². The van der Waals surface area contributed by atoms with Crippen molar-refractivity contribution in [2.75, 3.05) is 19.6 Å². The zero-order valence-electron chi connectivity index (χ0n) is 17.5. The Morgan fingerprint density at radius 1 is 1.25 bits per heavy atom. The van der Waals surface area contributed by atoms with Gasteiger partial charge in [0, 0.05) is 31.2 Å². The molecular weight excluding hydrogens is 350 g/mol. The van der Waals surface area contributed by atoms with Gasteiger partial charge in [0.05, 0.1) is 16.6 Å². The molecule has 0 spiro atoms. The predicted molar refractivity (Wildman–Crippen MR) is 112 cm³/mol. The molecule has 0 bridgehead atoms. The molecular formula is C22H33N5O. The number of carbonyl (C=O) groups is 1. The third-order valence-electron chi connectivity index (χ3n) is 6.33. The molecule has 3 heterocycles. The van der Waals surface area contributed by atoms with Gasteiger partial charge in [0.1, 0.15) is 0 Å². The first-order valence-corrected chi connectivity index (χ1v) is 10.9. The Labute approximate surface area is 167 Å². The lowest BCUT2D eigenvalue weighted by molar-refractivity contribution is 0.0953. The number of piperidine rings is 1. The molecule has 0 aromatic carbocycles. The SMILES string of the molecule is Cc1nn(C)c2nc(C3CC3)cc(C(=O)NCCCCN3CCCCC3C)c12. The number of amides is 1. The lowest BCUT2D eigenvalue weighted by Crippen LogP contribution is -2.38.